The molecule has 0 radical (unpaired) electrons. The molecule has 0 aliphatic rings. The van der Waals surface area contributed by atoms with Crippen LogP contribution in [0.1, 0.15) is 0 Å². The van der Waals surface area contributed by atoms with Crippen LogP contribution in [0.4, 0.5) is 0 Å². The van der Waals surface area contributed by atoms with Crippen molar-refractivity contribution in [1.82, 2.24) is 19.5 Å². The van der Waals surface area contributed by atoms with Gasteiger partial charge in [-0.15, -0.1) is 54.6 Å². The summed E-state index contributed by atoms with van der Waals surface area (Å²) in [5.74, 6) is 2.10. The van der Waals surface area contributed by atoms with E-state index in [0.29, 0.717) is 17.5 Å². The van der Waals surface area contributed by atoms with Crippen LogP contribution in [0.5, 0.6) is 0 Å². The highest BCUT2D eigenvalue weighted by molar-refractivity contribution is 6.75. The summed E-state index contributed by atoms with van der Waals surface area (Å²) >= 11 is 0. The molecule has 0 spiro atoms. The quantitative estimate of drug-likeness (QED) is 0.161. The largest absolute Gasteiger partial charge is 0.457 e. The minimum atomic E-state index is 0.674. The van der Waals surface area contributed by atoms with Crippen LogP contribution in [0, 0.1) is 0 Å². The van der Waals surface area contributed by atoms with E-state index >= 15 is 0 Å². The van der Waals surface area contributed by atoms with Gasteiger partial charge >= 0.3 is 0 Å². The number of nitrogens with zero attached hydrogens (tertiary/aromatic N) is 4. The fourth-order valence-electron chi connectivity index (χ4n) is 14.4. The number of benzene rings is 7. The van der Waals surface area contributed by atoms with Gasteiger partial charge in [-0.05, 0) is 32.8 Å². The third kappa shape index (κ3) is 7.52. The van der Waals surface area contributed by atoms with Crippen molar-refractivity contribution in [2.45, 2.75) is 0 Å². The van der Waals surface area contributed by atoms with Gasteiger partial charge in [-0.25, -0.2) is 15.0 Å². The van der Waals surface area contributed by atoms with Gasteiger partial charge in [0.05, 0.1) is 0 Å². The first-order valence-electron chi connectivity index (χ1n) is 28.4. The van der Waals surface area contributed by atoms with Crippen molar-refractivity contribution in [1.29, 1.82) is 0 Å². The first-order valence-corrected chi connectivity index (χ1v) is 28.4. The van der Waals surface area contributed by atoms with Crippen LogP contribution in [0.25, 0.3) is 94.7 Å². The molecule has 33 heteroatoms. The number of furan rings is 1. The highest BCUT2D eigenvalue weighted by Gasteiger charge is 2.31. The van der Waals surface area contributed by atoms with Crippen molar-refractivity contribution in [2.75, 3.05) is 0 Å². The predicted molar refractivity (Wildman–Crippen MR) is 432 cm³/mol. The average molecular weight is 972 g/mol. The Morgan fingerprint density at radius 1 is 0.205 bits per heavy atom. The zero-order chi connectivity index (χ0) is 57.4. The predicted octanol–water partition coefficient (Wildman–Crippen LogP) is -37.2. The van der Waals surface area contributed by atoms with Crippen LogP contribution in [-0.2, 0) is 0 Å². The zero-order valence-electron chi connectivity index (χ0n) is 52.7. The summed E-state index contributed by atoms with van der Waals surface area (Å²) in [5, 5.41) is 5.07. The van der Waals surface area contributed by atoms with Crippen LogP contribution in [0.2, 0.25) is 0 Å². The van der Waals surface area contributed by atoms with Crippen molar-refractivity contribution in [2.24, 2.45) is 0 Å². The second kappa shape index (κ2) is 19.3. The van der Waals surface area contributed by atoms with E-state index in [4.69, 9.17) is 19.4 Å². The summed E-state index contributed by atoms with van der Waals surface area (Å²) in [7, 11) is 64.1. The maximum absolute atomic E-state index is 7.55. The maximum atomic E-state index is 7.55. The van der Waals surface area contributed by atoms with Crippen molar-refractivity contribution in [3.05, 3.63) is 0 Å². The number of fused-ring (bicyclic) bond motifs is 6. The van der Waals surface area contributed by atoms with E-state index in [1.807, 2.05) is 0 Å². The molecule has 0 saturated heterocycles. The Bertz CT molecular complexity index is 4320. The van der Waals surface area contributed by atoms with Gasteiger partial charge in [-0.1, -0.05) is 87.4 Å². The second-order valence-electron chi connectivity index (χ2n) is 24.3. The van der Waals surface area contributed by atoms with E-state index in [0.717, 1.165) is 44.2 Å². The van der Waals surface area contributed by atoms with Crippen LogP contribution < -0.4 is 153 Å². The van der Waals surface area contributed by atoms with Crippen LogP contribution >= 0.6 is 0 Å². The molecule has 3 aromatic heterocycles. The fourth-order valence-corrected chi connectivity index (χ4v) is 14.4. The van der Waals surface area contributed by atoms with E-state index in [1.165, 1.54) is 186 Å². The number of hydrogen-bond acceptors (Lipinski definition) is 4. The topological polar surface area (TPSA) is 56.7 Å². The van der Waals surface area contributed by atoms with Gasteiger partial charge in [0.2, 0.25) is 0 Å². The van der Waals surface area contributed by atoms with E-state index in [2.05, 4.69) is 224 Å². The zero-order valence-corrected chi connectivity index (χ0v) is 52.7. The summed E-state index contributed by atoms with van der Waals surface area (Å²) in [6, 6.07) is 0. The van der Waals surface area contributed by atoms with Gasteiger partial charge < -0.3 is 8.98 Å². The minimum absolute atomic E-state index is 0.674. The second-order valence-corrected chi connectivity index (χ2v) is 24.3. The Morgan fingerprint density at radius 2 is 0.449 bits per heavy atom. The van der Waals surface area contributed by atoms with Gasteiger partial charge in [0, 0.05) is 44.2 Å². The fraction of sp³-hybridized carbons (Fsp3) is 0. The lowest BCUT2D eigenvalue weighted by Crippen LogP contribution is -2.56. The van der Waals surface area contributed by atoms with Gasteiger partial charge in [0.15, 0.2) is 17.5 Å². The van der Waals surface area contributed by atoms with Gasteiger partial charge in [0.25, 0.3) is 0 Å². The molecular formula is C45H56B28N4O. The Kier molecular flexibility index (Phi) is 13.9. The maximum Gasteiger partial charge on any atom is 0.163 e. The SMILES string of the molecule is Bc1c(B)c(B)c(-c2nc(-c3c(B)c(B)c(B)c(B)c3B)nc(-c3c(B)c(B)c4c(oc5c(B)c(-n6c7c(B)c(B)c(B)c(B)c7c7c(B)c(B)c(-c8c(B)c(B)c(B)c(B)c8B)c(B)c76)c(B)c(B)c54)c3B)n2)c(B)c1B. The smallest absolute Gasteiger partial charge is 0.163 e. The minimum Gasteiger partial charge on any atom is -0.457 e. The van der Waals surface area contributed by atoms with Crippen LogP contribution in [-0.4, -0.2) is 239 Å². The molecule has 5 nitrogen and oxygen atoms in total. The third-order valence-corrected chi connectivity index (χ3v) is 21.3. The van der Waals surface area contributed by atoms with E-state index in [1.54, 1.807) is 0 Å². The molecule has 0 bridgehead atoms. The molecular weight excluding hydrogens is 915 g/mol. The van der Waals surface area contributed by atoms with Crippen molar-refractivity contribution in [3.8, 4) is 51.0 Å². The molecule has 3 heterocycles. The lowest BCUT2D eigenvalue weighted by molar-refractivity contribution is 0.674. The molecule has 0 fully saturated rings. The van der Waals surface area contributed by atoms with Gasteiger partial charge in [-0.2, -0.15) is 0 Å². The normalized spacial score (nSPS) is 11.7. The molecule has 0 saturated carbocycles. The summed E-state index contributed by atoms with van der Waals surface area (Å²) in [5.41, 5.74) is 47.4. The lowest BCUT2D eigenvalue weighted by Gasteiger charge is -2.26. The standard InChI is InChI=1S/C45H56B28N4O/c46-10-2(1-11(47)24(60)31(67)25(61)12(1)48)22(58)38-3(13(10)49)4-14(50)26(62)34(70)36(72)39(4)77(38)40-35(71)16(52)6-5-15(51)17(53)9(23(59)41(5)78-42(6)37(40)73)45-75-43(7-18(54)27(63)32(68)28(64)19(7)55)74-44(76-45)8-20(56)29(65)33(69)30(66)21(8)57/h46-73H2. The number of hydrogen-bond donors (Lipinski definition) is 0. The molecule has 0 N–H and O–H groups in total. The molecule has 0 aliphatic carbocycles. The summed E-state index contributed by atoms with van der Waals surface area (Å²) in [6.07, 6.45) is 0. The highest BCUT2D eigenvalue weighted by atomic mass is 16.3. The molecule has 10 aromatic rings. The first-order chi connectivity index (χ1) is 36.4. The molecule has 0 amide bonds. The van der Waals surface area contributed by atoms with Crippen molar-refractivity contribution >= 4 is 416 Å². The van der Waals surface area contributed by atoms with Crippen LogP contribution in [0.15, 0.2) is 4.42 Å². The van der Waals surface area contributed by atoms with E-state index < -0.39 is 0 Å². The Labute approximate surface area is 488 Å². The Balaban J connectivity index is 1.34. The van der Waals surface area contributed by atoms with E-state index in [-0.39, 0.29) is 0 Å². The third-order valence-electron chi connectivity index (χ3n) is 21.3. The lowest BCUT2D eigenvalue weighted by atomic mass is 9.57. The molecule has 0 aliphatic heterocycles. The number of aromatic nitrogens is 4. The van der Waals surface area contributed by atoms with E-state index in [9.17, 15) is 0 Å². The molecule has 0 atom stereocenters. The molecule has 346 valence electrons. The first kappa shape index (κ1) is 56.3. The average Bonchev–Trinajstić information content (AvgIpc) is 4.22. The highest BCUT2D eigenvalue weighted by Crippen LogP contribution is 2.31. The number of rotatable bonds is 5. The molecule has 7 aromatic carbocycles. The van der Waals surface area contributed by atoms with Crippen LogP contribution in [0.3, 0.4) is 0 Å². The van der Waals surface area contributed by atoms with Crippen molar-refractivity contribution < 1.29 is 4.42 Å². The van der Waals surface area contributed by atoms with Gasteiger partial charge in [0.1, 0.15) is 231 Å². The Morgan fingerprint density at radius 3 is 0.859 bits per heavy atom. The summed E-state index contributed by atoms with van der Waals surface area (Å²) in [6.45, 7) is 0. The Hall–Kier alpha value is -5.03. The molecule has 78 heavy (non-hydrogen) atoms. The monoisotopic (exact) mass is 977 g/mol. The summed E-state index contributed by atoms with van der Waals surface area (Å²) in [4.78, 5) is 16.6. The molecule has 10 rings (SSSR count). The van der Waals surface area contributed by atoms with Gasteiger partial charge in [-0.3, -0.25) is 0 Å². The summed E-state index contributed by atoms with van der Waals surface area (Å²) < 4.78 is 10.2. The molecule has 0 unspecified atom stereocenters. The van der Waals surface area contributed by atoms with Crippen molar-refractivity contribution in [3.63, 3.8) is 0 Å².